The standard InChI is InChI=1S/C25H44N2O2/c1-2-3-8-18-12-13-23-22(15-18)21(19-9-5-4-6-10-19)16-24(26-23)27-14-7-11-20(17-27)25(28)29/h18-24,26H,2-17H2,1H3,(H,28,29). The van der Waals surface area contributed by atoms with Crippen LogP contribution in [-0.2, 0) is 4.79 Å². The first-order valence-electron chi connectivity index (χ1n) is 12.9. The number of carboxylic acid groups (broad SMARTS) is 1. The molecule has 6 atom stereocenters. The van der Waals surface area contributed by atoms with E-state index in [2.05, 4.69) is 17.1 Å². The number of hydrogen-bond donors (Lipinski definition) is 2. The van der Waals surface area contributed by atoms with Gasteiger partial charge in [0.15, 0.2) is 0 Å². The van der Waals surface area contributed by atoms with Crippen molar-refractivity contribution in [3.05, 3.63) is 0 Å². The minimum Gasteiger partial charge on any atom is -0.481 e. The van der Waals surface area contributed by atoms with Crippen LogP contribution in [0.2, 0.25) is 0 Å². The summed E-state index contributed by atoms with van der Waals surface area (Å²) in [5, 5.41) is 13.6. The third-order valence-electron chi connectivity index (χ3n) is 8.92. The first-order chi connectivity index (χ1) is 14.2. The lowest BCUT2D eigenvalue weighted by Gasteiger charge is -2.53. The number of hydrogen-bond acceptors (Lipinski definition) is 3. The normalized spacial score (nSPS) is 39.8. The van der Waals surface area contributed by atoms with E-state index in [4.69, 9.17) is 0 Å². The van der Waals surface area contributed by atoms with Crippen LogP contribution in [0.25, 0.3) is 0 Å². The Balaban J connectivity index is 1.46. The van der Waals surface area contributed by atoms with E-state index in [9.17, 15) is 9.90 Å². The van der Waals surface area contributed by atoms with Crippen LogP contribution in [0.4, 0.5) is 0 Å². The van der Waals surface area contributed by atoms with Gasteiger partial charge in [0.1, 0.15) is 0 Å². The van der Waals surface area contributed by atoms with E-state index in [1.54, 1.807) is 0 Å². The third-order valence-corrected chi connectivity index (χ3v) is 8.92. The first-order valence-corrected chi connectivity index (χ1v) is 12.9. The lowest BCUT2D eigenvalue weighted by molar-refractivity contribution is -0.144. The van der Waals surface area contributed by atoms with Crippen LogP contribution < -0.4 is 5.32 Å². The highest BCUT2D eigenvalue weighted by Crippen LogP contribution is 2.47. The number of likely N-dealkylation sites (tertiary alicyclic amines) is 1. The third kappa shape index (κ3) is 5.18. The Labute approximate surface area is 178 Å². The molecule has 0 radical (unpaired) electrons. The summed E-state index contributed by atoms with van der Waals surface area (Å²) < 4.78 is 0. The van der Waals surface area contributed by atoms with Gasteiger partial charge in [-0.15, -0.1) is 0 Å². The Hall–Kier alpha value is -0.610. The zero-order valence-electron chi connectivity index (χ0n) is 18.7. The second-order valence-corrected chi connectivity index (χ2v) is 10.7. The fourth-order valence-electron chi connectivity index (χ4n) is 7.33. The summed E-state index contributed by atoms with van der Waals surface area (Å²) in [6.45, 7) is 4.16. The van der Waals surface area contributed by atoms with Gasteiger partial charge < -0.3 is 5.11 Å². The molecule has 0 bridgehead atoms. The van der Waals surface area contributed by atoms with Crippen LogP contribution >= 0.6 is 0 Å². The number of aliphatic carboxylic acids is 1. The van der Waals surface area contributed by atoms with Crippen molar-refractivity contribution in [3.63, 3.8) is 0 Å². The van der Waals surface area contributed by atoms with Gasteiger partial charge in [0.05, 0.1) is 12.1 Å². The molecule has 2 heterocycles. The van der Waals surface area contributed by atoms with E-state index in [1.165, 1.54) is 77.0 Å². The van der Waals surface area contributed by atoms with E-state index in [0.717, 1.165) is 49.6 Å². The van der Waals surface area contributed by atoms with Crippen LogP contribution in [-0.4, -0.2) is 41.3 Å². The first kappa shape index (κ1) is 21.6. The molecule has 0 amide bonds. The second kappa shape index (κ2) is 10.1. The predicted octanol–water partition coefficient (Wildman–Crippen LogP) is 5.27. The van der Waals surface area contributed by atoms with Crippen molar-refractivity contribution in [1.82, 2.24) is 10.2 Å². The minimum absolute atomic E-state index is 0.166. The predicted molar refractivity (Wildman–Crippen MR) is 118 cm³/mol. The van der Waals surface area contributed by atoms with Crippen molar-refractivity contribution in [1.29, 1.82) is 0 Å². The Morgan fingerprint density at radius 3 is 2.59 bits per heavy atom. The molecule has 4 fully saturated rings. The topological polar surface area (TPSA) is 52.6 Å². The molecule has 2 aliphatic heterocycles. The summed E-state index contributed by atoms with van der Waals surface area (Å²) in [6.07, 6.45) is 19.1. The fourth-order valence-corrected chi connectivity index (χ4v) is 7.33. The maximum atomic E-state index is 11.6. The van der Waals surface area contributed by atoms with Gasteiger partial charge in [-0.05, 0) is 68.7 Å². The molecule has 0 aromatic heterocycles. The van der Waals surface area contributed by atoms with Crippen LogP contribution in [0, 0.1) is 29.6 Å². The highest BCUT2D eigenvalue weighted by Gasteiger charge is 2.45. The highest BCUT2D eigenvalue weighted by molar-refractivity contribution is 5.70. The monoisotopic (exact) mass is 404 g/mol. The molecule has 2 saturated heterocycles. The zero-order valence-corrected chi connectivity index (χ0v) is 18.7. The molecule has 6 unspecified atom stereocenters. The molecule has 4 rings (SSSR count). The van der Waals surface area contributed by atoms with E-state index in [0.29, 0.717) is 12.2 Å². The van der Waals surface area contributed by atoms with E-state index in [1.807, 2.05) is 0 Å². The highest BCUT2D eigenvalue weighted by atomic mass is 16.4. The fraction of sp³-hybridized carbons (Fsp3) is 0.960. The van der Waals surface area contributed by atoms with Crippen LogP contribution in [0.1, 0.15) is 96.8 Å². The van der Waals surface area contributed by atoms with Crippen LogP contribution in [0.3, 0.4) is 0 Å². The molecule has 2 N–H and O–H groups in total. The molecular formula is C25H44N2O2. The molecule has 4 aliphatic rings. The van der Waals surface area contributed by atoms with Crippen molar-refractivity contribution in [2.45, 2.75) is 109 Å². The lowest BCUT2D eigenvalue weighted by atomic mass is 9.62. The number of carboxylic acids is 1. The minimum atomic E-state index is -0.594. The molecule has 0 aromatic carbocycles. The number of unbranched alkanes of at least 4 members (excludes halogenated alkanes) is 1. The van der Waals surface area contributed by atoms with E-state index in [-0.39, 0.29) is 5.92 Å². The number of carbonyl (C=O) groups is 1. The van der Waals surface area contributed by atoms with Gasteiger partial charge >= 0.3 is 5.97 Å². The van der Waals surface area contributed by atoms with Gasteiger partial charge in [0.2, 0.25) is 0 Å². The molecule has 29 heavy (non-hydrogen) atoms. The smallest absolute Gasteiger partial charge is 0.307 e. The summed E-state index contributed by atoms with van der Waals surface area (Å²) in [5.41, 5.74) is 0. The van der Waals surface area contributed by atoms with E-state index < -0.39 is 5.97 Å². The van der Waals surface area contributed by atoms with Gasteiger partial charge in [0, 0.05) is 12.6 Å². The summed E-state index contributed by atoms with van der Waals surface area (Å²) in [5.74, 6) is 2.84. The second-order valence-electron chi connectivity index (χ2n) is 10.7. The quantitative estimate of drug-likeness (QED) is 0.633. The molecule has 166 valence electrons. The zero-order chi connectivity index (χ0) is 20.2. The van der Waals surface area contributed by atoms with Crippen LogP contribution in [0.15, 0.2) is 0 Å². The average molecular weight is 405 g/mol. The van der Waals surface area contributed by atoms with Gasteiger partial charge in [-0.1, -0.05) is 58.3 Å². The maximum absolute atomic E-state index is 11.6. The molecule has 0 spiro atoms. The Bertz CT molecular complexity index is 533. The van der Waals surface area contributed by atoms with Gasteiger partial charge in [-0.25, -0.2) is 0 Å². The van der Waals surface area contributed by atoms with Crippen molar-refractivity contribution >= 4 is 5.97 Å². The molecule has 2 saturated carbocycles. The number of nitrogens with one attached hydrogen (secondary N) is 1. The van der Waals surface area contributed by atoms with Gasteiger partial charge in [-0.2, -0.15) is 0 Å². The van der Waals surface area contributed by atoms with Crippen molar-refractivity contribution in [2.75, 3.05) is 13.1 Å². The molecule has 4 nitrogen and oxygen atoms in total. The van der Waals surface area contributed by atoms with E-state index >= 15 is 0 Å². The number of rotatable bonds is 6. The number of nitrogens with zero attached hydrogens (tertiary/aromatic N) is 1. The SMILES string of the molecule is CCCCC1CCC2NC(N3CCCC(C(=O)O)C3)CC(C3CCCCC3)C2C1. The maximum Gasteiger partial charge on any atom is 0.307 e. The Morgan fingerprint density at radius 1 is 1.00 bits per heavy atom. The van der Waals surface area contributed by atoms with Gasteiger partial charge in [-0.3, -0.25) is 15.0 Å². The molecular weight excluding hydrogens is 360 g/mol. The number of piperidine rings is 2. The number of fused-ring (bicyclic) bond motifs is 1. The summed E-state index contributed by atoms with van der Waals surface area (Å²) in [7, 11) is 0. The average Bonchev–Trinajstić information content (AvgIpc) is 2.77. The van der Waals surface area contributed by atoms with Crippen LogP contribution in [0.5, 0.6) is 0 Å². The van der Waals surface area contributed by atoms with Crippen molar-refractivity contribution in [2.24, 2.45) is 29.6 Å². The summed E-state index contributed by atoms with van der Waals surface area (Å²) >= 11 is 0. The Morgan fingerprint density at radius 2 is 1.83 bits per heavy atom. The van der Waals surface area contributed by atoms with Gasteiger partial charge in [0.25, 0.3) is 0 Å². The molecule has 0 aromatic rings. The molecule has 2 aliphatic carbocycles. The lowest BCUT2D eigenvalue weighted by Crippen LogP contribution is -2.62. The summed E-state index contributed by atoms with van der Waals surface area (Å²) in [6, 6.07) is 0.670. The summed E-state index contributed by atoms with van der Waals surface area (Å²) in [4.78, 5) is 14.1. The molecule has 4 heteroatoms. The largest absolute Gasteiger partial charge is 0.481 e. The van der Waals surface area contributed by atoms with Crippen molar-refractivity contribution < 1.29 is 9.90 Å². The Kier molecular flexibility index (Phi) is 7.55. The van der Waals surface area contributed by atoms with Crippen molar-refractivity contribution in [3.8, 4) is 0 Å².